The first-order valence-corrected chi connectivity index (χ1v) is 11.1. The molecule has 0 atom stereocenters. The number of halogens is 4. The fourth-order valence-corrected chi connectivity index (χ4v) is 3.98. The standard InChI is InChI=1S/C19H18ClF3N2O4S/c1-10(20)9-29-18-15(16(11-4-5-11)24-25(18)2)17(26)13-7-6-12(19(21,22)23)8-14(13)30(3,27)28/h6-8,11H,1,4-5,9H2,2-3H3. The van der Waals surface area contributed by atoms with E-state index in [1.165, 1.54) is 4.68 Å². The summed E-state index contributed by atoms with van der Waals surface area (Å²) in [6.07, 6.45) is -2.45. The average molecular weight is 463 g/mol. The Morgan fingerprint density at radius 3 is 2.50 bits per heavy atom. The van der Waals surface area contributed by atoms with Gasteiger partial charge in [-0.15, -0.1) is 0 Å². The van der Waals surface area contributed by atoms with Crippen molar-refractivity contribution < 1.29 is 31.1 Å². The van der Waals surface area contributed by atoms with E-state index in [1.807, 2.05) is 0 Å². The fourth-order valence-electron chi connectivity index (χ4n) is 3.02. The van der Waals surface area contributed by atoms with Crippen LogP contribution in [0.1, 0.15) is 45.9 Å². The summed E-state index contributed by atoms with van der Waals surface area (Å²) < 4.78 is 70.6. The monoisotopic (exact) mass is 462 g/mol. The Kier molecular flexibility index (Phi) is 5.76. The molecule has 0 amide bonds. The molecule has 0 spiro atoms. The molecule has 0 N–H and O–H groups in total. The number of benzene rings is 1. The van der Waals surface area contributed by atoms with Crippen molar-refractivity contribution in [1.29, 1.82) is 0 Å². The lowest BCUT2D eigenvalue weighted by molar-refractivity contribution is -0.137. The minimum Gasteiger partial charge on any atom is -0.472 e. The maximum atomic E-state index is 13.4. The maximum Gasteiger partial charge on any atom is 0.416 e. The first-order chi connectivity index (χ1) is 13.8. The average Bonchev–Trinajstić information content (AvgIpc) is 3.41. The molecule has 1 saturated carbocycles. The predicted octanol–water partition coefficient (Wildman–Crippen LogP) is 4.08. The highest BCUT2D eigenvalue weighted by molar-refractivity contribution is 7.90. The molecule has 1 aromatic heterocycles. The Bertz CT molecular complexity index is 1140. The van der Waals surface area contributed by atoms with Crippen LogP contribution in [0.25, 0.3) is 0 Å². The van der Waals surface area contributed by atoms with Crippen molar-refractivity contribution in [2.45, 2.75) is 29.8 Å². The van der Waals surface area contributed by atoms with Gasteiger partial charge in [0.25, 0.3) is 0 Å². The van der Waals surface area contributed by atoms with Gasteiger partial charge in [0.2, 0.25) is 11.7 Å². The zero-order chi connectivity index (χ0) is 22.4. The summed E-state index contributed by atoms with van der Waals surface area (Å²) in [5.74, 6) is -0.750. The Balaban J connectivity index is 2.18. The predicted molar refractivity (Wildman–Crippen MR) is 104 cm³/mol. The van der Waals surface area contributed by atoms with Gasteiger partial charge in [0, 0.05) is 29.8 Å². The highest BCUT2D eigenvalue weighted by Crippen LogP contribution is 2.44. The highest BCUT2D eigenvalue weighted by Gasteiger charge is 2.38. The molecule has 0 radical (unpaired) electrons. The molecule has 1 heterocycles. The molecule has 3 rings (SSSR count). The summed E-state index contributed by atoms with van der Waals surface area (Å²) in [6, 6.07) is 2.02. The van der Waals surface area contributed by atoms with Crippen LogP contribution in [-0.4, -0.2) is 36.8 Å². The van der Waals surface area contributed by atoms with Crippen LogP contribution in [0.5, 0.6) is 5.88 Å². The highest BCUT2D eigenvalue weighted by atomic mass is 35.5. The van der Waals surface area contributed by atoms with Crippen molar-refractivity contribution in [3.05, 3.63) is 52.2 Å². The molecule has 0 bridgehead atoms. The van der Waals surface area contributed by atoms with Crippen LogP contribution in [0.3, 0.4) is 0 Å². The van der Waals surface area contributed by atoms with Gasteiger partial charge in [0.05, 0.1) is 16.2 Å². The summed E-state index contributed by atoms with van der Waals surface area (Å²) in [5.41, 5.74) is -1.11. The zero-order valence-corrected chi connectivity index (χ0v) is 17.7. The number of hydrogen-bond donors (Lipinski definition) is 0. The van der Waals surface area contributed by atoms with E-state index in [2.05, 4.69) is 11.7 Å². The first-order valence-electron chi connectivity index (χ1n) is 8.79. The van der Waals surface area contributed by atoms with Crippen molar-refractivity contribution in [3.63, 3.8) is 0 Å². The SMILES string of the molecule is C=C(Cl)COc1c(C(=O)c2ccc(C(F)(F)F)cc2S(C)(=O)=O)c(C2CC2)nn1C. The van der Waals surface area contributed by atoms with Crippen LogP contribution in [0.15, 0.2) is 34.7 Å². The molecule has 6 nitrogen and oxygen atoms in total. The number of hydrogen-bond acceptors (Lipinski definition) is 5. The number of sulfone groups is 1. The van der Waals surface area contributed by atoms with Crippen LogP contribution >= 0.6 is 11.6 Å². The lowest BCUT2D eigenvalue weighted by Crippen LogP contribution is -2.15. The summed E-state index contributed by atoms with van der Waals surface area (Å²) in [4.78, 5) is 12.7. The Hall–Kier alpha value is -2.33. The summed E-state index contributed by atoms with van der Waals surface area (Å²) in [5, 5.41) is 4.48. The third kappa shape index (κ3) is 4.54. The maximum absolute atomic E-state index is 13.4. The Morgan fingerprint density at radius 2 is 2.00 bits per heavy atom. The number of aromatic nitrogens is 2. The number of carbonyl (C=O) groups excluding carboxylic acids is 1. The molecule has 1 aromatic carbocycles. The molecule has 1 aliphatic carbocycles. The minimum absolute atomic E-state index is 0.0113. The van der Waals surface area contributed by atoms with Gasteiger partial charge in [-0.2, -0.15) is 18.3 Å². The van der Waals surface area contributed by atoms with E-state index in [0.717, 1.165) is 25.2 Å². The molecule has 1 aliphatic rings. The molecule has 0 aliphatic heterocycles. The van der Waals surface area contributed by atoms with Crippen LogP contribution in [0.2, 0.25) is 0 Å². The quantitative estimate of drug-likeness (QED) is 0.579. The zero-order valence-electron chi connectivity index (χ0n) is 16.1. The van der Waals surface area contributed by atoms with E-state index in [0.29, 0.717) is 17.8 Å². The molecule has 0 saturated heterocycles. The second-order valence-corrected chi connectivity index (χ2v) is 9.60. The van der Waals surface area contributed by atoms with Crippen molar-refractivity contribution in [2.75, 3.05) is 12.9 Å². The number of ether oxygens (including phenoxy) is 1. The van der Waals surface area contributed by atoms with Gasteiger partial charge < -0.3 is 4.74 Å². The number of nitrogens with zero attached hydrogens (tertiary/aromatic N) is 2. The van der Waals surface area contributed by atoms with Crippen LogP contribution in [0.4, 0.5) is 13.2 Å². The second kappa shape index (κ2) is 7.73. The molecule has 0 unspecified atom stereocenters. The van der Waals surface area contributed by atoms with E-state index in [4.69, 9.17) is 16.3 Å². The molecule has 11 heteroatoms. The Labute approximate surface area is 176 Å². The molecule has 30 heavy (non-hydrogen) atoms. The molecular formula is C19H18ClF3N2O4S. The van der Waals surface area contributed by atoms with E-state index in [9.17, 15) is 26.4 Å². The molecular weight excluding hydrogens is 445 g/mol. The minimum atomic E-state index is -4.76. The van der Waals surface area contributed by atoms with Crippen LogP contribution in [0, 0.1) is 0 Å². The van der Waals surface area contributed by atoms with Crippen LogP contribution < -0.4 is 4.74 Å². The molecule has 1 fully saturated rings. The third-order valence-corrected chi connectivity index (χ3v) is 5.78. The second-order valence-electron chi connectivity index (χ2n) is 7.08. The van der Waals surface area contributed by atoms with E-state index >= 15 is 0 Å². The number of ketones is 1. The van der Waals surface area contributed by atoms with Gasteiger partial charge in [0.1, 0.15) is 12.2 Å². The third-order valence-electron chi connectivity index (χ3n) is 4.53. The summed E-state index contributed by atoms with van der Waals surface area (Å²) >= 11 is 5.74. The van der Waals surface area contributed by atoms with Gasteiger partial charge in [-0.1, -0.05) is 18.2 Å². The van der Waals surface area contributed by atoms with Gasteiger partial charge >= 0.3 is 6.18 Å². The van der Waals surface area contributed by atoms with Crippen molar-refractivity contribution in [3.8, 4) is 5.88 Å². The summed E-state index contributed by atoms with van der Waals surface area (Å²) in [6.45, 7) is 3.38. The smallest absolute Gasteiger partial charge is 0.416 e. The van der Waals surface area contributed by atoms with E-state index < -0.39 is 32.3 Å². The van der Waals surface area contributed by atoms with E-state index in [-0.39, 0.29) is 34.6 Å². The van der Waals surface area contributed by atoms with Crippen molar-refractivity contribution in [1.82, 2.24) is 9.78 Å². The molecule has 162 valence electrons. The van der Waals surface area contributed by atoms with Gasteiger partial charge in [-0.3, -0.25) is 4.79 Å². The van der Waals surface area contributed by atoms with Crippen molar-refractivity contribution >= 4 is 27.2 Å². The summed E-state index contributed by atoms with van der Waals surface area (Å²) in [7, 11) is -2.60. The fraction of sp³-hybridized carbons (Fsp3) is 0.368. The Morgan fingerprint density at radius 1 is 1.37 bits per heavy atom. The van der Waals surface area contributed by atoms with Gasteiger partial charge in [-0.25, -0.2) is 13.1 Å². The normalized spacial score (nSPS) is 14.6. The lowest BCUT2D eigenvalue weighted by Gasteiger charge is -2.13. The molecule has 2 aromatic rings. The van der Waals surface area contributed by atoms with Gasteiger partial charge in [-0.05, 0) is 31.0 Å². The van der Waals surface area contributed by atoms with Crippen molar-refractivity contribution in [2.24, 2.45) is 7.05 Å². The largest absolute Gasteiger partial charge is 0.472 e. The first kappa shape index (κ1) is 22.4. The number of aryl methyl sites for hydroxylation is 1. The topological polar surface area (TPSA) is 78.3 Å². The van der Waals surface area contributed by atoms with E-state index in [1.54, 1.807) is 7.05 Å². The number of alkyl halides is 3. The van der Waals surface area contributed by atoms with Gasteiger partial charge in [0.15, 0.2) is 9.84 Å². The lowest BCUT2D eigenvalue weighted by atomic mass is 10.00. The number of carbonyl (C=O) groups is 1. The van der Waals surface area contributed by atoms with Crippen LogP contribution in [-0.2, 0) is 23.1 Å². The number of rotatable bonds is 7.